The number of hydrogen-bond acceptors (Lipinski definition) is 8. The zero-order valence-electron chi connectivity index (χ0n) is 31.3. The smallest absolute Gasteiger partial charge is 0.325 e. The lowest BCUT2D eigenvalue weighted by Crippen LogP contribution is -2.62. The highest BCUT2D eigenvalue weighted by Crippen LogP contribution is 2.11. The largest absolute Gasteiger partial charge is 0.480 e. The number of amides is 6. The summed E-state index contributed by atoms with van der Waals surface area (Å²) in [6, 6.07) is 10.4. The van der Waals surface area contributed by atoms with Crippen LogP contribution in [0.3, 0.4) is 0 Å². The van der Waals surface area contributed by atoms with Gasteiger partial charge in [-0.1, -0.05) is 88.4 Å². The molecule has 7 unspecified atom stereocenters. The van der Waals surface area contributed by atoms with E-state index >= 15 is 0 Å². The van der Waals surface area contributed by atoms with Crippen molar-refractivity contribution in [2.24, 2.45) is 11.8 Å². The number of nitrogens with one attached hydrogen (secondary N) is 6. The van der Waals surface area contributed by atoms with E-state index in [9.17, 15) is 43.8 Å². The van der Waals surface area contributed by atoms with E-state index in [1.165, 1.54) is 20.8 Å². The molecule has 2 aromatic carbocycles. The number of carbonyl (C=O) groups excluding carboxylic acids is 6. The average molecular weight is 739 g/mol. The van der Waals surface area contributed by atoms with Crippen molar-refractivity contribution in [3.05, 3.63) is 71.8 Å². The maximum atomic E-state index is 13.9. The molecule has 8 N–H and O–H groups in total. The average Bonchev–Trinajstić information content (AvgIpc) is 3.08. The summed E-state index contributed by atoms with van der Waals surface area (Å²) >= 11 is 0. The number of aliphatic carboxylic acids is 1. The van der Waals surface area contributed by atoms with E-state index in [0.29, 0.717) is 5.56 Å². The van der Waals surface area contributed by atoms with Gasteiger partial charge in [0.05, 0.1) is 6.10 Å². The number of carboxylic acid groups (broad SMARTS) is 1. The Morgan fingerprint density at radius 1 is 0.547 bits per heavy atom. The number of benzene rings is 2. The van der Waals surface area contributed by atoms with Crippen molar-refractivity contribution in [2.75, 3.05) is 0 Å². The fourth-order valence-corrected chi connectivity index (χ4v) is 5.41. The molecule has 290 valence electrons. The predicted molar refractivity (Wildman–Crippen MR) is 197 cm³/mol. The second kappa shape index (κ2) is 21.3. The van der Waals surface area contributed by atoms with Crippen molar-refractivity contribution in [3.8, 4) is 0 Å². The van der Waals surface area contributed by atoms with Crippen LogP contribution in [0.2, 0.25) is 0 Å². The van der Waals surface area contributed by atoms with Crippen LogP contribution in [-0.4, -0.2) is 94.0 Å². The number of rotatable bonds is 20. The van der Waals surface area contributed by atoms with E-state index in [1.54, 1.807) is 56.3 Å². The highest BCUT2D eigenvalue weighted by Gasteiger charge is 2.35. The van der Waals surface area contributed by atoms with Gasteiger partial charge in [-0.15, -0.1) is 0 Å². The molecule has 0 radical (unpaired) electrons. The molecular weight excluding hydrogens is 684 g/mol. The Bertz CT molecular complexity index is 1550. The lowest BCUT2D eigenvalue weighted by molar-refractivity contribution is -0.142. The summed E-state index contributed by atoms with van der Waals surface area (Å²) in [5.41, 5.74) is 1.45. The predicted octanol–water partition coefficient (Wildman–Crippen LogP) is 0.588. The van der Waals surface area contributed by atoms with Crippen molar-refractivity contribution < 1.29 is 43.8 Å². The number of aliphatic hydroxyl groups excluding tert-OH is 1. The van der Waals surface area contributed by atoms with Crippen LogP contribution in [0.25, 0.3) is 0 Å². The van der Waals surface area contributed by atoms with Gasteiger partial charge in [0.2, 0.25) is 35.4 Å². The minimum absolute atomic E-state index is 0.0263. The fraction of sp³-hybridized carbons (Fsp3) is 0.500. The molecule has 0 bridgehead atoms. The third-order valence-corrected chi connectivity index (χ3v) is 8.27. The molecule has 15 nitrogen and oxygen atoms in total. The summed E-state index contributed by atoms with van der Waals surface area (Å²) < 4.78 is 0. The Morgan fingerprint density at radius 2 is 0.962 bits per heavy atom. The van der Waals surface area contributed by atoms with Gasteiger partial charge in [0.1, 0.15) is 36.3 Å². The van der Waals surface area contributed by atoms with Gasteiger partial charge in [0.25, 0.3) is 0 Å². The number of aliphatic hydroxyl groups is 1. The Hall–Kier alpha value is -5.31. The maximum Gasteiger partial charge on any atom is 0.325 e. The molecule has 53 heavy (non-hydrogen) atoms. The third kappa shape index (κ3) is 15.1. The number of carboxylic acids is 1. The minimum Gasteiger partial charge on any atom is -0.480 e. The first-order valence-electron chi connectivity index (χ1n) is 17.7. The Labute approximate surface area is 310 Å². The van der Waals surface area contributed by atoms with Gasteiger partial charge in [-0.25, -0.2) is 0 Å². The van der Waals surface area contributed by atoms with Crippen LogP contribution in [0.5, 0.6) is 0 Å². The van der Waals surface area contributed by atoms with E-state index < -0.39 is 89.7 Å². The van der Waals surface area contributed by atoms with Gasteiger partial charge < -0.3 is 42.1 Å². The van der Waals surface area contributed by atoms with Crippen LogP contribution in [0.1, 0.15) is 66.0 Å². The second-order valence-electron chi connectivity index (χ2n) is 13.9. The lowest BCUT2D eigenvalue weighted by atomic mass is 9.99. The topological polar surface area (TPSA) is 232 Å². The summed E-state index contributed by atoms with van der Waals surface area (Å²) in [7, 11) is 0. The van der Waals surface area contributed by atoms with Gasteiger partial charge in [0.15, 0.2) is 0 Å². The van der Waals surface area contributed by atoms with Gasteiger partial charge >= 0.3 is 5.97 Å². The Balaban J connectivity index is 2.35. The van der Waals surface area contributed by atoms with E-state index in [0.717, 1.165) is 5.56 Å². The van der Waals surface area contributed by atoms with Crippen LogP contribution < -0.4 is 31.9 Å². The van der Waals surface area contributed by atoms with Crippen LogP contribution >= 0.6 is 0 Å². The zero-order valence-corrected chi connectivity index (χ0v) is 31.3. The fourth-order valence-electron chi connectivity index (χ4n) is 5.41. The summed E-state index contributed by atoms with van der Waals surface area (Å²) in [6.45, 7) is 10.8. The van der Waals surface area contributed by atoms with Crippen molar-refractivity contribution in [2.45, 2.75) is 110 Å². The molecule has 6 amide bonds. The van der Waals surface area contributed by atoms with Crippen molar-refractivity contribution >= 4 is 41.4 Å². The van der Waals surface area contributed by atoms with Crippen LogP contribution in [-0.2, 0) is 46.4 Å². The zero-order chi connectivity index (χ0) is 39.8. The summed E-state index contributed by atoms with van der Waals surface area (Å²) in [5.74, 6) is -6.08. The molecule has 2 aromatic rings. The van der Waals surface area contributed by atoms with E-state index in [-0.39, 0.29) is 25.2 Å². The van der Waals surface area contributed by atoms with E-state index in [4.69, 9.17) is 0 Å². The molecular formula is C38H54N6O9. The van der Waals surface area contributed by atoms with Gasteiger partial charge in [-0.3, -0.25) is 33.6 Å². The normalized spacial score (nSPS) is 15.1. The quantitative estimate of drug-likeness (QED) is 0.0949. The van der Waals surface area contributed by atoms with E-state index in [2.05, 4.69) is 31.9 Å². The maximum absolute atomic E-state index is 13.9. The van der Waals surface area contributed by atoms with Gasteiger partial charge in [-0.05, 0) is 43.2 Å². The molecule has 0 aromatic heterocycles. The highest BCUT2D eigenvalue weighted by atomic mass is 16.4. The molecule has 0 heterocycles. The molecule has 2 rings (SSSR count). The van der Waals surface area contributed by atoms with Gasteiger partial charge in [-0.2, -0.15) is 0 Å². The molecule has 0 aliphatic carbocycles. The Kier molecular flexibility index (Phi) is 17.6. The molecule has 7 atom stereocenters. The monoisotopic (exact) mass is 738 g/mol. The molecule has 0 spiro atoms. The summed E-state index contributed by atoms with van der Waals surface area (Å²) in [5, 5.41) is 35.2. The lowest BCUT2D eigenvalue weighted by Gasteiger charge is -2.29. The summed E-state index contributed by atoms with van der Waals surface area (Å²) in [4.78, 5) is 90.9. The second-order valence-corrected chi connectivity index (χ2v) is 13.9. The SMILES string of the molecule is CC(=O)NC(Cc1ccccc1)C(=O)NC(CC(C)C)C(=O)NC(Cc1ccccc1)C(=O)NC(C(=O)NC(C(=O)NC(C)C(=O)O)C(C)C)C(C)O. The van der Waals surface area contributed by atoms with Crippen molar-refractivity contribution in [1.82, 2.24) is 31.9 Å². The van der Waals surface area contributed by atoms with E-state index in [1.807, 2.05) is 32.0 Å². The first kappa shape index (κ1) is 43.9. The summed E-state index contributed by atoms with van der Waals surface area (Å²) in [6.07, 6.45) is -1.12. The molecule has 0 fully saturated rings. The van der Waals surface area contributed by atoms with Gasteiger partial charge in [0, 0.05) is 19.8 Å². The first-order valence-corrected chi connectivity index (χ1v) is 17.7. The molecule has 0 saturated carbocycles. The molecule has 0 saturated heterocycles. The standard InChI is InChI=1S/C38H54N6O9/c1-21(2)18-28(41-34(48)29(40-25(7)46)19-26-14-10-8-11-15-26)33(47)42-30(20-27-16-12-9-13-17-27)35(49)44-32(24(6)45)37(51)43-31(22(3)4)36(50)39-23(5)38(52)53/h8-17,21-24,28-32,45H,18-20H2,1-7H3,(H,39,50)(H,40,46)(H,41,48)(H,42,47)(H,43,51)(H,44,49)(H,52,53). The van der Waals surface area contributed by atoms with Crippen molar-refractivity contribution in [1.29, 1.82) is 0 Å². The van der Waals surface area contributed by atoms with Crippen LogP contribution in [0.4, 0.5) is 0 Å². The van der Waals surface area contributed by atoms with Crippen molar-refractivity contribution in [3.63, 3.8) is 0 Å². The first-order chi connectivity index (χ1) is 24.9. The third-order valence-electron chi connectivity index (χ3n) is 8.27. The number of carbonyl (C=O) groups is 7. The van der Waals surface area contributed by atoms with Crippen LogP contribution in [0, 0.1) is 11.8 Å². The molecule has 15 heteroatoms. The Morgan fingerprint density at radius 3 is 1.40 bits per heavy atom. The highest BCUT2D eigenvalue weighted by molar-refractivity contribution is 5.97. The minimum atomic E-state index is -1.58. The van der Waals surface area contributed by atoms with Crippen LogP contribution in [0.15, 0.2) is 60.7 Å². The molecule has 0 aliphatic heterocycles. The molecule has 0 aliphatic rings. The number of hydrogen-bond donors (Lipinski definition) is 8.